The van der Waals surface area contributed by atoms with Crippen molar-refractivity contribution >= 4 is 61.7 Å². The van der Waals surface area contributed by atoms with E-state index >= 15 is 0 Å². The summed E-state index contributed by atoms with van der Waals surface area (Å²) in [5.74, 6) is 1.20. The molecule has 0 aliphatic rings. The number of hydrogen-bond acceptors (Lipinski definition) is 2. The molecule has 3 heterocycles. The Bertz CT molecular complexity index is 4750. The van der Waals surface area contributed by atoms with Crippen molar-refractivity contribution in [3.05, 3.63) is 284 Å². The van der Waals surface area contributed by atoms with Gasteiger partial charge in [-0.2, -0.15) is 0 Å². The number of benzene rings is 10. The maximum Gasteiger partial charge on any atom is 0.269 e. The Kier molecular flexibility index (Phi) is 9.63. The third-order valence-electron chi connectivity index (χ3n) is 14.9. The molecule has 0 aliphatic carbocycles. The van der Waals surface area contributed by atoms with E-state index in [1.165, 1.54) is 33.0 Å². The molecule has 0 spiro atoms. The first kappa shape index (κ1) is 38.2. The zero-order valence-corrected chi connectivity index (χ0v) is 44.2. The van der Waals surface area contributed by atoms with Gasteiger partial charge in [0.15, 0.2) is 8.07 Å². The molecule has 0 N–H and O–H groups in total. The van der Waals surface area contributed by atoms with Crippen LogP contribution in [0.15, 0.2) is 261 Å². The first-order valence-corrected chi connectivity index (χ1v) is 28.0. The molecular formula is C72H58N4OSi. The largest absolute Gasteiger partial charge is 0.458 e. The lowest BCUT2D eigenvalue weighted by Crippen LogP contribution is -2.74. The molecule has 5 nitrogen and oxygen atoms in total. The molecule has 0 saturated carbocycles. The van der Waals surface area contributed by atoms with Gasteiger partial charge in [-0.05, 0) is 116 Å². The second kappa shape index (κ2) is 19.6. The maximum absolute atomic E-state index is 8.83. The SMILES string of the molecule is [2H]c1c([2H])c([2H])c(C([2H])([2H])[2H])c(-c2cnc(-n3c4ccccc4c4ccc(Oc5cccc(-n6[c-][n+](-c7c(-c8cccc([Si](c9ccccc9)(c9ccccc9)c9ccccc9)c8)cccc7C(C)(C)C)c7ccccc76)c5)cc43)cc2C([2H])([2H])[2H])c1[2H]. The molecule has 0 bridgehead atoms. The average molecular weight is 1030 g/mol. The van der Waals surface area contributed by atoms with E-state index in [4.69, 9.17) is 23.4 Å². The molecule has 0 amide bonds. The third-order valence-corrected chi connectivity index (χ3v) is 19.7. The third kappa shape index (κ3) is 8.33. The minimum Gasteiger partial charge on any atom is -0.458 e. The van der Waals surface area contributed by atoms with Crippen LogP contribution in [0.3, 0.4) is 0 Å². The summed E-state index contributed by atoms with van der Waals surface area (Å²) in [6.45, 7) is 0.865. The Labute approximate surface area is 471 Å². The van der Waals surface area contributed by atoms with Crippen molar-refractivity contribution in [3.63, 3.8) is 0 Å². The summed E-state index contributed by atoms with van der Waals surface area (Å²) in [6, 6.07) is 76.6. The van der Waals surface area contributed by atoms with Gasteiger partial charge in [-0.1, -0.05) is 227 Å². The van der Waals surface area contributed by atoms with E-state index in [0.717, 1.165) is 49.9 Å². The predicted octanol–water partition coefficient (Wildman–Crippen LogP) is 14.6. The van der Waals surface area contributed by atoms with Crippen molar-refractivity contribution in [2.45, 2.75) is 39.9 Å². The number of pyridine rings is 1. The lowest BCUT2D eigenvalue weighted by Gasteiger charge is -2.35. The van der Waals surface area contributed by atoms with Crippen molar-refractivity contribution < 1.29 is 23.0 Å². The van der Waals surface area contributed by atoms with Gasteiger partial charge < -0.3 is 4.74 Å². The molecule has 376 valence electrons. The molecule has 0 aliphatic heterocycles. The zero-order chi connectivity index (χ0) is 61.4. The van der Waals surface area contributed by atoms with Gasteiger partial charge in [-0.3, -0.25) is 13.7 Å². The number of aromatic nitrogens is 4. The van der Waals surface area contributed by atoms with Crippen molar-refractivity contribution in [1.29, 1.82) is 0 Å². The van der Waals surface area contributed by atoms with Crippen molar-refractivity contribution in [2.75, 3.05) is 0 Å². The number of aryl methyl sites for hydroxylation is 1. The molecule has 13 rings (SSSR count). The fourth-order valence-electron chi connectivity index (χ4n) is 11.4. The Morgan fingerprint density at radius 1 is 0.526 bits per heavy atom. The summed E-state index contributed by atoms with van der Waals surface area (Å²) >= 11 is 0. The van der Waals surface area contributed by atoms with E-state index < -0.39 is 57.1 Å². The van der Waals surface area contributed by atoms with Crippen LogP contribution in [0.4, 0.5) is 0 Å². The Balaban J connectivity index is 0.920. The molecule has 6 heteroatoms. The summed E-state index contributed by atoms with van der Waals surface area (Å²) in [4.78, 5) is 4.74. The second-order valence-electron chi connectivity index (χ2n) is 20.6. The normalized spacial score (nSPS) is 14.1. The first-order chi connectivity index (χ1) is 42.2. The van der Waals surface area contributed by atoms with Crippen molar-refractivity contribution in [1.82, 2.24) is 14.1 Å². The van der Waals surface area contributed by atoms with Crippen LogP contribution in [-0.4, -0.2) is 22.2 Å². The maximum atomic E-state index is 8.83. The summed E-state index contributed by atoms with van der Waals surface area (Å²) in [5.41, 5.74) is 6.37. The lowest BCUT2D eigenvalue weighted by atomic mass is 9.83. The molecule has 0 fully saturated rings. The molecule has 3 aromatic heterocycles. The number of ether oxygens (including phenoxy) is 1. The quantitative estimate of drug-likeness (QED) is 0.0560. The van der Waals surface area contributed by atoms with Gasteiger partial charge in [-0.25, -0.2) is 4.98 Å². The van der Waals surface area contributed by atoms with Crippen molar-refractivity contribution in [3.8, 4) is 50.9 Å². The van der Waals surface area contributed by atoms with Crippen LogP contribution in [0, 0.1) is 20.0 Å². The molecule has 0 unspecified atom stereocenters. The Hall–Kier alpha value is -9.36. The van der Waals surface area contributed by atoms with E-state index in [-0.39, 0.29) is 22.4 Å². The standard InChI is InChI=1S/C72H58N4OSi/c1-50-24-15-16-35-60(50)64-48-73-70(44-51(64)2)76-66-39-18-17-36-62(66)63-43-42-55(47-69(63)76)77-54-27-22-26-53(46-54)74-49-75(68-41-20-19-40-67(68)74)71-61(37-23-38-65(71)72(3,4)5)52-25-21-34-59(45-52)78(56-28-9-6-10-29-56,57-30-11-7-12-31-57)58-32-13-8-14-33-58/h6-48H,1-5H3/i1D3,2D3,15D,16D,24D,35D. The fraction of sp³-hybridized carbons (Fsp3) is 0.0833. The number of hydrogen-bond donors (Lipinski definition) is 0. The van der Waals surface area contributed by atoms with Crippen LogP contribution in [0.2, 0.25) is 0 Å². The smallest absolute Gasteiger partial charge is 0.269 e. The van der Waals surface area contributed by atoms with Crippen LogP contribution < -0.4 is 30.1 Å². The molecule has 0 atom stereocenters. The summed E-state index contributed by atoms with van der Waals surface area (Å²) < 4.78 is 98.0. The number of nitrogens with zero attached hydrogens (tertiary/aromatic N) is 4. The number of para-hydroxylation sites is 4. The highest BCUT2D eigenvalue weighted by Gasteiger charge is 2.41. The van der Waals surface area contributed by atoms with E-state index in [1.54, 1.807) is 0 Å². The zero-order valence-electron chi connectivity index (χ0n) is 53.2. The molecule has 10 aromatic carbocycles. The van der Waals surface area contributed by atoms with Crippen molar-refractivity contribution in [2.24, 2.45) is 0 Å². The highest BCUT2D eigenvalue weighted by Crippen LogP contribution is 2.38. The summed E-state index contributed by atoms with van der Waals surface area (Å²) in [7, 11) is -2.89. The Morgan fingerprint density at radius 3 is 1.88 bits per heavy atom. The van der Waals surface area contributed by atoms with E-state index in [9.17, 15) is 0 Å². The Morgan fingerprint density at radius 2 is 1.15 bits per heavy atom. The summed E-state index contributed by atoms with van der Waals surface area (Å²) in [5, 5.41) is 6.82. The van der Waals surface area contributed by atoms with E-state index in [1.807, 2.05) is 77.4 Å². The average Bonchev–Trinajstić information content (AvgIpc) is 1.60. The molecular weight excluding hydrogens is 965 g/mol. The number of rotatable bonds is 11. The molecule has 78 heavy (non-hydrogen) atoms. The van der Waals surface area contributed by atoms with Gasteiger partial charge in [0.2, 0.25) is 0 Å². The number of imidazole rings is 1. The van der Waals surface area contributed by atoms with Crippen LogP contribution in [0.25, 0.3) is 72.3 Å². The van der Waals surface area contributed by atoms with Gasteiger partial charge >= 0.3 is 0 Å². The highest BCUT2D eigenvalue weighted by atomic mass is 28.3. The number of fused-ring (bicyclic) bond motifs is 4. The predicted molar refractivity (Wildman–Crippen MR) is 325 cm³/mol. The van der Waals surface area contributed by atoms with Gasteiger partial charge in [0, 0.05) is 36.8 Å². The van der Waals surface area contributed by atoms with Crippen LogP contribution in [-0.2, 0) is 5.41 Å². The van der Waals surface area contributed by atoms with E-state index in [2.05, 4.69) is 188 Å². The lowest BCUT2D eigenvalue weighted by molar-refractivity contribution is -0.572. The van der Waals surface area contributed by atoms with Crippen LogP contribution in [0.5, 0.6) is 11.5 Å². The van der Waals surface area contributed by atoms with Gasteiger partial charge in [-0.15, -0.1) is 0 Å². The van der Waals surface area contributed by atoms with Crippen LogP contribution in [0.1, 0.15) is 51.2 Å². The summed E-state index contributed by atoms with van der Waals surface area (Å²) in [6.07, 6.45) is 5.04. The van der Waals surface area contributed by atoms with Gasteiger partial charge in [0.1, 0.15) is 17.3 Å². The fourth-order valence-corrected chi connectivity index (χ4v) is 16.2. The molecule has 0 radical (unpaired) electrons. The highest BCUT2D eigenvalue weighted by molar-refractivity contribution is 7.19. The minimum absolute atomic E-state index is 0.185. The first-order valence-electron chi connectivity index (χ1n) is 31.0. The molecule has 13 aromatic rings. The minimum atomic E-state index is -3.02. The topological polar surface area (TPSA) is 35.9 Å². The van der Waals surface area contributed by atoms with Gasteiger partial charge in [0.05, 0.1) is 38.9 Å². The van der Waals surface area contributed by atoms with E-state index in [0.29, 0.717) is 22.5 Å². The monoisotopic (exact) mass is 1030 g/mol. The molecule has 0 saturated heterocycles. The van der Waals surface area contributed by atoms with Gasteiger partial charge in [0.25, 0.3) is 6.33 Å². The second-order valence-corrected chi connectivity index (χ2v) is 24.4. The van der Waals surface area contributed by atoms with Crippen LogP contribution >= 0.6 is 0 Å².